The Labute approximate surface area is 192 Å². The number of rotatable bonds is 8. The summed E-state index contributed by atoms with van der Waals surface area (Å²) in [6, 6.07) is 6.24. The first-order chi connectivity index (χ1) is 15.2. The van der Waals surface area contributed by atoms with Crippen LogP contribution < -0.4 is 5.32 Å². The molecule has 0 saturated heterocycles. The maximum atomic E-state index is 12.8. The molecule has 5 nitrogen and oxygen atoms in total. The number of thioether (sulfide) groups is 1. The number of aryl methyl sites for hydroxylation is 3. The lowest BCUT2D eigenvalue weighted by molar-refractivity contribution is -0.113. The third-order valence-electron chi connectivity index (χ3n) is 5.93. The molecule has 0 fully saturated rings. The van der Waals surface area contributed by atoms with Crippen LogP contribution in [-0.2, 0) is 37.0 Å². The minimum Gasteiger partial charge on any atom is -0.325 e. The molecule has 164 valence electrons. The van der Waals surface area contributed by atoms with E-state index in [0.717, 1.165) is 42.5 Å². The molecule has 0 aliphatic heterocycles. The average molecular weight is 455 g/mol. The van der Waals surface area contributed by atoms with Crippen molar-refractivity contribution in [2.45, 2.75) is 71.0 Å². The summed E-state index contributed by atoms with van der Waals surface area (Å²) in [7, 11) is 0. The van der Waals surface area contributed by atoms with Gasteiger partial charge in [-0.15, -0.1) is 21.5 Å². The van der Waals surface area contributed by atoms with Crippen molar-refractivity contribution in [1.82, 2.24) is 14.8 Å². The van der Waals surface area contributed by atoms with Gasteiger partial charge in [-0.25, -0.2) is 0 Å². The summed E-state index contributed by atoms with van der Waals surface area (Å²) >= 11 is 3.31. The number of carbonyl (C=O) groups excluding carboxylic acids is 1. The van der Waals surface area contributed by atoms with Crippen LogP contribution in [0.15, 0.2) is 28.7 Å². The molecule has 31 heavy (non-hydrogen) atoms. The van der Waals surface area contributed by atoms with E-state index in [1.54, 1.807) is 0 Å². The Morgan fingerprint density at radius 1 is 1.13 bits per heavy atom. The maximum absolute atomic E-state index is 12.8. The van der Waals surface area contributed by atoms with Gasteiger partial charge in [0.25, 0.3) is 0 Å². The maximum Gasteiger partial charge on any atom is 0.234 e. The quantitative estimate of drug-likeness (QED) is 0.440. The van der Waals surface area contributed by atoms with Gasteiger partial charge in [0, 0.05) is 28.1 Å². The first-order valence-electron chi connectivity index (χ1n) is 11.2. The molecule has 2 aromatic heterocycles. The second-order valence-electron chi connectivity index (χ2n) is 7.80. The van der Waals surface area contributed by atoms with Gasteiger partial charge in [0.05, 0.1) is 5.75 Å². The zero-order valence-corrected chi connectivity index (χ0v) is 20.2. The highest BCUT2D eigenvalue weighted by Gasteiger charge is 2.22. The molecule has 0 saturated carbocycles. The van der Waals surface area contributed by atoms with Gasteiger partial charge in [0.2, 0.25) is 5.91 Å². The van der Waals surface area contributed by atoms with Gasteiger partial charge < -0.3 is 9.88 Å². The lowest BCUT2D eigenvalue weighted by Gasteiger charge is -2.14. The van der Waals surface area contributed by atoms with Crippen molar-refractivity contribution in [1.29, 1.82) is 0 Å². The summed E-state index contributed by atoms with van der Waals surface area (Å²) in [5.74, 6) is 1.26. The Kier molecular flexibility index (Phi) is 7.13. The van der Waals surface area contributed by atoms with Gasteiger partial charge in [0.15, 0.2) is 11.0 Å². The number of thiophene rings is 1. The molecule has 3 aromatic rings. The van der Waals surface area contributed by atoms with Crippen molar-refractivity contribution >= 4 is 34.7 Å². The number of benzene rings is 1. The fourth-order valence-corrected chi connectivity index (χ4v) is 6.20. The van der Waals surface area contributed by atoms with Crippen molar-refractivity contribution in [2.75, 3.05) is 11.1 Å². The van der Waals surface area contributed by atoms with Crippen molar-refractivity contribution in [3.05, 3.63) is 45.1 Å². The summed E-state index contributed by atoms with van der Waals surface area (Å²) in [5, 5.41) is 15.2. The smallest absolute Gasteiger partial charge is 0.234 e. The molecule has 1 aliphatic rings. The Morgan fingerprint density at radius 2 is 1.87 bits per heavy atom. The highest BCUT2D eigenvalue weighted by Crippen LogP contribution is 2.36. The van der Waals surface area contributed by atoms with Crippen LogP contribution in [0.2, 0.25) is 0 Å². The summed E-state index contributed by atoms with van der Waals surface area (Å²) in [5.41, 5.74) is 6.02. The molecule has 0 bridgehead atoms. The van der Waals surface area contributed by atoms with E-state index in [0.29, 0.717) is 5.75 Å². The SMILES string of the molecule is CCc1cccc(CC)c1NC(=O)CSc1nnc(-c2csc3c2CCCC3)n1CC. The van der Waals surface area contributed by atoms with Crippen LogP contribution in [0.5, 0.6) is 0 Å². The van der Waals surface area contributed by atoms with Crippen LogP contribution in [-0.4, -0.2) is 26.4 Å². The van der Waals surface area contributed by atoms with E-state index in [2.05, 4.69) is 64.4 Å². The third-order valence-corrected chi connectivity index (χ3v) is 7.99. The van der Waals surface area contributed by atoms with Crippen molar-refractivity contribution in [3.63, 3.8) is 0 Å². The minimum atomic E-state index is 0.000663. The summed E-state index contributed by atoms with van der Waals surface area (Å²) in [6.07, 6.45) is 6.64. The van der Waals surface area contributed by atoms with Gasteiger partial charge in [-0.3, -0.25) is 4.79 Å². The normalized spacial score (nSPS) is 13.3. The number of hydrogen-bond acceptors (Lipinski definition) is 5. The number of amides is 1. The Morgan fingerprint density at radius 3 is 2.58 bits per heavy atom. The van der Waals surface area contributed by atoms with E-state index in [9.17, 15) is 4.79 Å². The van der Waals surface area contributed by atoms with Gasteiger partial charge >= 0.3 is 0 Å². The Balaban J connectivity index is 1.49. The van der Waals surface area contributed by atoms with Crippen LogP contribution >= 0.6 is 23.1 Å². The van der Waals surface area contributed by atoms with Crippen molar-refractivity contribution in [2.24, 2.45) is 0 Å². The van der Waals surface area contributed by atoms with Gasteiger partial charge in [-0.2, -0.15) is 0 Å². The number of aromatic nitrogens is 3. The number of para-hydroxylation sites is 1. The molecule has 1 aliphatic carbocycles. The van der Waals surface area contributed by atoms with Gasteiger partial charge in [-0.05, 0) is 62.1 Å². The van der Waals surface area contributed by atoms with Crippen molar-refractivity contribution in [3.8, 4) is 11.4 Å². The molecular weight excluding hydrogens is 424 g/mol. The highest BCUT2D eigenvalue weighted by molar-refractivity contribution is 7.99. The van der Waals surface area contributed by atoms with E-state index >= 15 is 0 Å². The fourth-order valence-electron chi connectivity index (χ4n) is 4.27. The predicted molar refractivity (Wildman–Crippen MR) is 130 cm³/mol. The average Bonchev–Trinajstić information content (AvgIpc) is 3.41. The summed E-state index contributed by atoms with van der Waals surface area (Å²) in [4.78, 5) is 14.3. The zero-order chi connectivity index (χ0) is 21.8. The van der Waals surface area contributed by atoms with Gasteiger partial charge in [-0.1, -0.05) is 43.8 Å². The highest BCUT2D eigenvalue weighted by atomic mass is 32.2. The largest absolute Gasteiger partial charge is 0.325 e. The first kappa shape index (κ1) is 22.1. The predicted octanol–water partition coefficient (Wildman–Crippen LogP) is 5.76. The van der Waals surface area contributed by atoms with E-state index in [1.165, 1.54) is 58.2 Å². The molecule has 1 N–H and O–H groups in total. The minimum absolute atomic E-state index is 0.000663. The summed E-state index contributed by atoms with van der Waals surface area (Å²) in [6.45, 7) is 7.14. The third kappa shape index (κ3) is 4.58. The molecule has 1 aromatic carbocycles. The number of carbonyl (C=O) groups is 1. The van der Waals surface area contributed by atoms with Crippen molar-refractivity contribution < 1.29 is 4.79 Å². The second-order valence-corrected chi connectivity index (χ2v) is 9.71. The molecule has 4 rings (SSSR count). The number of anilines is 1. The van der Waals surface area contributed by atoms with Crippen LogP contribution in [0.3, 0.4) is 0 Å². The van der Waals surface area contributed by atoms with E-state index in [4.69, 9.17) is 0 Å². The van der Waals surface area contributed by atoms with E-state index in [-0.39, 0.29) is 5.91 Å². The number of nitrogens with zero attached hydrogens (tertiary/aromatic N) is 3. The number of fused-ring (bicyclic) bond motifs is 1. The molecule has 7 heteroatoms. The second kappa shape index (κ2) is 10.0. The van der Waals surface area contributed by atoms with E-state index in [1.807, 2.05) is 11.3 Å². The monoisotopic (exact) mass is 454 g/mol. The molecule has 1 amide bonds. The summed E-state index contributed by atoms with van der Waals surface area (Å²) < 4.78 is 2.15. The first-order valence-corrected chi connectivity index (χ1v) is 13.1. The Hall–Kier alpha value is -2.12. The van der Waals surface area contributed by atoms with Gasteiger partial charge in [0.1, 0.15) is 0 Å². The van der Waals surface area contributed by atoms with Crippen LogP contribution in [0, 0.1) is 0 Å². The molecular formula is C24H30N4OS2. The molecule has 0 spiro atoms. The van der Waals surface area contributed by atoms with Crippen LogP contribution in [0.1, 0.15) is 55.2 Å². The number of nitrogens with one attached hydrogen (secondary N) is 1. The lowest BCUT2D eigenvalue weighted by atomic mass is 9.96. The molecule has 0 unspecified atom stereocenters. The zero-order valence-electron chi connectivity index (χ0n) is 18.5. The van der Waals surface area contributed by atoms with Crippen LogP contribution in [0.4, 0.5) is 5.69 Å². The molecule has 0 atom stereocenters. The standard InChI is InChI=1S/C24H30N4OS2/c1-4-16-10-9-11-17(5-2)22(16)25-21(29)15-31-24-27-26-23(28(24)6-3)19-14-30-20-13-8-7-12-18(19)20/h9-11,14H,4-8,12-13,15H2,1-3H3,(H,25,29). The topological polar surface area (TPSA) is 59.8 Å². The van der Waals surface area contributed by atoms with Crippen LogP contribution in [0.25, 0.3) is 11.4 Å². The van der Waals surface area contributed by atoms with E-state index < -0.39 is 0 Å². The molecule has 0 radical (unpaired) electrons. The fraction of sp³-hybridized carbons (Fsp3) is 0.458. The lowest BCUT2D eigenvalue weighted by Crippen LogP contribution is -2.17. The Bertz CT molecular complexity index is 1050. The molecule has 2 heterocycles. The number of hydrogen-bond donors (Lipinski definition) is 1.